The van der Waals surface area contributed by atoms with Gasteiger partial charge in [-0.15, -0.1) is 0 Å². The fourth-order valence-corrected chi connectivity index (χ4v) is 11.7. The number of ether oxygens (including phenoxy) is 1. The lowest BCUT2D eigenvalue weighted by atomic mass is 9.70. The lowest BCUT2D eigenvalue weighted by Crippen LogP contribution is -2.63. The number of H-pyrrole nitrogens is 1. The van der Waals surface area contributed by atoms with Crippen LogP contribution in [-0.2, 0) is 10.0 Å². The minimum absolute atomic E-state index is 0.0506. The number of piperidine rings is 1. The summed E-state index contributed by atoms with van der Waals surface area (Å²) in [6.45, 7) is 8.88. The van der Waals surface area contributed by atoms with Crippen molar-refractivity contribution >= 4 is 44.0 Å². The van der Waals surface area contributed by atoms with Gasteiger partial charge in [-0.2, -0.15) is 0 Å². The average molecular weight is 878 g/mol. The van der Waals surface area contributed by atoms with Crippen LogP contribution in [0.1, 0.15) is 111 Å². The van der Waals surface area contributed by atoms with Crippen molar-refractivity contribution in [1.82, 2.24) is 19.6 Å². The average Bonchev–Trinajstić information content (AvgIpc) is 3.91. The summed E-state index contributed by atoms with van der Waals surface area (Å²) in [5.74, 6) is 0.126. The largest absolute Gasteiger partial charge is 0.455 e. The van der Waals surface area contributed by atoms with Crippen molar-refractivity contribution in [3.63, 3.8) is 0 Å². The van der Waals surface area contributed by atoms with Crippen LogP contribution in [0.2, 0.25) is 0 Å². The third kappa shape index (κ3) is 8.86. The Kier molecular flexibility index (Phi) is 11.9. The molecule has 15 heteroatoms. The van der Waals surface area contributed by atoms with Crippen LogP contribution in [0.25, 0.3) is 11.0 Å². The lowest BCUT2D eigenvalue weighted by molar-refractivity contribution is -0.384. The Balaban J connectivity index is 0.912. The normalized spacial score (nSPS) is 20.5. The first-order valence-electron chi connectivity index (χ1n) is 22.5. The molecule has 4 fully saturated rings. The second-order valence-corrected chi connectivity index (χ2v) is 20.2. The van der Waals surface area contributed by atoms with Crippen LogP contribution in [0.4, 0.5) is 21.5 Å². The van der Waals surface area contributed by atoms with Crippen molar-refractivity contribution in [3.05, 3.63) is 112 Å². The highest BCUT2D eigenvalue weighted by Gasteiger charge is 2.49. The number of likely N-dealkylation sites (tertiary alicyclic amines) is 1. The van der Waals surface area contributed by atoms with E-state index in [1.165, 1.54) is 73.5 Å². The Labute approximate surface area is 368 Å². The van der Waals surface area contributed by atoms with Crippen LogP contribution >= 0.6 is 0 Å². The SMILES string of the molecule is CC(C)c1ccccc1[C@H]1CCC[C@H]1N1CC2(CCN(c3ccc(C(=O)NS(=O)(=O)c4ccc(NCC5CCCCC5)c([N+](=O)[O-])c4)c(Oc4cnc5[nH]cc(F)c5c4)c3)CC2)C1. The van der Waals surface area contributed by atoms with E-state index in [9.17, 15) is 27.7 Å². The molecule has 9 rings (SSSR count). The van der Waals surface area contributed by atoms with Gasteiger partial charge in [-0.3, -0.25) is 19.8 Å². The number of sulfonamides is 1. The molecule has 13 nitrogen and oxygen atoms in total. The lowest BCUT2D eigenvalue weighted by Gasteiger charge is -2.57. The smallest absolute Gasteiger partial charge is 0.293 e. The Morgan fingerprint density at radius 2 is 1.78 bits per heavy atom. The van der Waals surface area contributed by atoms with Crippen molar-refractivity contribution in [2.75, 3.05) is 42.9 Å². The third-order valence-corrected chi connectivity index (χ3v) is 15.5. The zero-order chi connectivity index (χ0) is 43.9. The molecule has 63 heavy (non-hydrogen) atoms. The Hall–Kier alpha value is -5.54. The second kappa shape index (κ2) is 17.6. The maximum atomic E-state index is 14.6. The van der Waals surface area contributed by atoms with Crippen molar-refractivity contribution in [1.29, 1.82) is 0 Å². The van der Waals surface area contributed by atoms with E-state index in [0.29, 0.717) is 36.0 Å². The van der Waals surface area contributed by atoms with E-state index in [-0.39, 0.29) is 33.6 Å². The minimum Gasteiger partial charge on any atom is -0.455 e. The fourth-order valence-electron chi connectivity index (χ4n) is 10.7. The molecule has 2 aromatic heterocycles. The molecule has 0 unspecified atom stereocenters. The number of nitro groups is 1. The molecule has 3 aromatic carbocycles. The summed E-state index contributed by atoms with van der Waals surface area (Å²) in [5.41, 5.74) is 4.07. The van der Waals surface area contributed by atoms with Gasteiger partial charge in [-0.25, -0.2) is 22.5 Å². The van der Waals surface area contributed by atoms with Crippen molar-refractivity contribution < 1.29 is 27.3 Å². The Morgan fingerprint density at radius 3 is 2.54 bits per heavy atom. The molecule has 2 atom stereocenters. The topological polar surface area (TPSA) is 163 Å². The van der Waals surface area contributed by atoms with Crippen molar-refractivity contribution in [2.24, 2.45) is 11.3 Å². The molecular formula is C48H56FN7O6S. The van der Waals surface area contributed by atoms with Gasteiger partial charge in [0.05, 0.1) is 27.0 Å². The second-order valence-electron chi connectivity index (χ2n) is 18.5. The predicted octanol–water partition coefficient (Wildman–Crippen LogP) is 9.88. The number of hydrogen-bond donors (Lipinski definition) is 3. The maximum absolute atomic E-state index is 14.6. The van der Waals surface area contributed by atoms with Crippen molar-refractivity contribution in [2.45, 2.75) is 101 Å². The number of benzene rings is 3. The molecular weight excluding hydrogens is 822 g/mol. The van der Waals surface area contributed by atoms with Crippen LogP contribution in [0.3, 0.4) is 0 Å². The molecule has 2 saturated heterocycles. The predicted molar refractivity (Wildman–Crippen MR) is 242 cm³/mol. The highest BCUT2D eigenvalue weighted by Crippen LogP contribution is 2.49. The first-order chi connectivity index (χ1) is 30.4. The molecule has 3 N–H and O–H groups in total. The van der Waals surface area contributed by atoms with Crippen LogP contribution in [-0.4, -0.2) is 72.9 Å². The van der Waals surface area contributed by atoms with Gasteiger partial charge in [0.25, 0.3) is 21.6 Å². The number of halogens is 1. The summed E-state index contributed by atoms with van der Waals surface area (Å²) < 4.78 is 50.3. The van der Waals surface area contributed by atoms with E-state index in [1.54, 1.807) is 12.1 Å². The molecule has 1 amide bonds. The number of rotatable bonds is 13. The van der Waals surface area contributed by atoms with Crippen molar-refractivity contribution in [3.8, 4) is 11.5 Å². The van der Waals surface area contributed by atoms with Gasteiger partial charge in [-0.05, 0) is 103 Å². The third-order valence-electron chi connectivity index (χ3n) is 14.1. The Bertz CT molecular complexity index is 2610. The molecule has 2 aliphatic carbocycles. The van der Waals surface area contributed by atoms with Gasteiger partial charge in [-0.1, -0.05) is 63.8 Å². The molecule has 1 spiro atoms. The van der Waals surface area contributed by atoms with E-state index >= 15 is 0 Å². The molecule has 2 saturated carbocycles. The number of amides is 1. The van der Waals surface area contributed by atoms with Gasteiger partial charge in [0, 0.05) is 62.8 Å². The quantitative estimate of drug-likeness (QED) is 0.0767. The number of carbonyl (C=O) groups excluding carboxylic acids is 1. The zero-order valence-corrected chi connectivity index (χ0v) is 36.8. The van der Waals surface area contributed by atoms with Gasteiger partial charge in [0.15, 0.2) is 0 Å². The van der Waals surface area contributed by atoms with Gasteiger partial charge < -0.3 is 19.9 Å². The number of carbonyl (C=O) groups is 1. The number of anilines is 2. The number of nitrogens with one attached hydrogen (secondary N) is 3. The van der Waals surface area contributed by atoms with E-state index in [4.69, 9.17) is 4.74 Å². The Morgan fingerprint density at radius 1 is 1.00 bits per heavy atom. The standard InChI is InChI=1S/C48H56FN7O6S/c1-31(2)36-11-6-7-12-37(36)38-13-8-14-43(38)55-29-48(30-55)19-21-54(22-20-48)33-15-17-39(45(23-33)62-34-24-40-41(49)28-52-46(40)51-27-34)47(57)53-63(60,61)35-16-18-42(44(25-35)56(58)59)50-26-32-9-4-3-5-10-32/h6-7,11-12,15-18,23-25,27-28,31-32,38,43,50H,3-5,8-10,13-14,19-22,26,29-30H2,1-2H3,(H,51,52)(H,53,57)/t38-,43-/m1/s1. The molecule has 332 valence electrons. The number of pyridine rings is 1. The molecule has 2 aliphatic heterocycles. The van der Waals surface area contributed by atoms with E-state index in [2.05, 4.69) is 67.9 Å². The van der Waals surface area contributed by atoms with Crippen LogP contribution in [0, 0.1) is 27.3 Å². The van der Waals surface area contributed by atoms with Gasteiger partial charge >= 0.3 is 0 Å². The molecule has 0 bridgehead atoms. The van der Waals surface area contributed by atoms with Gasteiger partial charge in [0.2, 0.25) is 0 Å². The van der Waals surface area contributed by atoms with Crippen LogP contribution < -0.4 is 19.7 Å². The maximum Gasteiger partial charge on any atom is 0.293 e. The summed E-state index contributed by atoms with van der Waals surface area (Å²) in [6, 6.07) is 19.6. The summed E-state index contributed by atoms with van der Waals surface area (Å²) in [7, 11) is -4.58. The number of hydrogen-bond acceptors (Lipinski definition) is 10. The molecule has 4 aliphatic rings. The van der Waals surface area contributed by atoms with E-state index in [1.807, 2.05) is 0 Å². The molecule has 0 radical (unpaired) electrons. The van der Waals surface area contributed by atoms with Crippen LogP contribution in [0.15, 0.2) is 84.0 Å². The fraction of sp³-hybridized carbons (Fsp3) is 0.458. The number of nitrogens with zero attached hydrogens (tertiary/aromatic N) is 4. The minimum atomic E-state index is -4.58. The number of aromatic nitrogens is 2. The molecule has 5 aromatic rings. The molecule has 4 heterocycles. The highest BCUT2D eigenvalue weighted by molar-refractivity contribution is 7.90. The summed E-state index contributed by atoms with van der Waals surface area (Å²) in [5, 5.41) is 15.4. The number of fused-ring (bicyclic) bond motifs is 1. The number of aromatic amines is 1. The summed E-state index contributed by atoms with van der Waals surface area (Å²) >= 11 is 0. The zero-order valence-electron chi connectivity index (χ0n) is 35.9. The van der Waals surface area contributed by atoms with E-state index in [0.717, 1.165) is 76.5 Å². The van der Waals surface area contributed by atoms with Gasteiger partial charge in [0.1, 0.15) is 28.7 Å². The summed E-state index contributed by atoms with van der Waals surface area (Å²) in [4.78, 5) is 37.0. The first-order valence-corrected chi connectivity index (χ1v) is 24.0. The highest BCUT2D eigenvalue weighted by atomic mass is 32.2. The monoisotopic (exact) mass is 877 g/mol. The first kappa shape index (κ1) is 42.7. The van der Waals surface area contributed by atoms with E-state index < -0.39 is 37.3 Å². The van der Waals surface area contributed by atoms with Crippen LogP contribution in [0.5, 0.6) is 11.5 Å². The number of nitro benzene ring substituents is 1. The summed E-state index contributed by atoms with van der Waals surface area (Å²) in [6.07, 6.45) is 13.8.